The summed E-state index contributed by atoms with van der Waals surface area (Å²) in [6.07, 6.45) is 1.96. The van der Waals surface area contributed by atoms with Crippen molar-refractivity contribution in [3.63, 3.8) is 0 Å². The monoisotopic (exact) mass is 246 g/mol. The predicted molar refractivity (Wildman–Crippen MR) is 73.3 cm³/mol. The zero-order valence-electron chi connectivity index (χ0n) is 10.5. The predicted octanol–water partition coefficient (Wildman–Crippen LogP) is 3.61. The molecule has 0 saturated carbocycles. The summed E-state index contributed by atoms with van der Waals surface area (Å²) in [4.78, 5) is 5.56. The summed E-state index contributed by atoms with van der Waals surface area (Å²) in [5.41, 5.74) is 2.71. The van der Waals surface area contributed by atoms with Gasteiger partial charge in [-0.3, -0.25) is 0 Å². The molecule has 1 aromatic carbocycles. The number of nitrogens with one attached hydrogen (secondary N) is 1. The van der Waals surface area contributed by atoms with Crippen LogP contribution in [0.4, 0.5) is 0 Å². The van der Waals surface area contributed by atoms with E-state index in [1.54, 1.807) is 11.3 Å². The molecule has 2 rings (SSSR count). The Kier molecular flexibility index (Phi) is 3.92. The Bertz CT molecular complexity index is 490. The molecule has 2 nitrogen and oxygen atoms in total. The number of benzene rings is 1. The minimum absolute atomic E-state index is 0.374. The van der Waals surface area contributed by atoms with E-state index in [4.69, 9.17) is 0 Å². The van der Waals surface area contributed by atoms with Crippen LogP contribution in [-0.2, 0) is 6.54 Å². The van der Waals surface area contributed by atoms with Gasteiger partial charge in [0.05, 0.1) is 5.01 Å². The number of rotatable bonds is 4. The second-order valence-corrected chi connectivity index (χ2v) is 5.62. The van der Waals surface area contributed by atoms with E-state index in [0.29, 0.717) is 6.04 Å². The van der Waals surface area contributed by atoms with Crippen molar-refractivity contribution in [2.75, 3.05) is 0 Å². The topological polar surface area (TPSA) is 24.9 Å². The van der Waals surface area contributed by atoms with Gasteiger partial charge in [0, 0.05) is 23.7 Å². The fourth-order valence-corrected chi connectivity index (χ4v) is 2.67. The molecule has 17 heavy (non-hydrogen) atoms. The lowest BCUT2D eigenvalue weighted by atomic mass is 10.0. The van der Waals surface area contributed by atoms with Crippen molar-refractivity contribution >= 4 is 11.3 Å². The van der Waals surface area contributed by atoms with Gasteiger partial charge in [0.15, 0.2) is 0 Å². The molecule has 0 aliphatic carbocycles. The van der Waals surface area contributed by atoms with E-state index in [1.165, 1.54) is 16.0 Å². The lowest BCUT2D eigenvalue weighted by Gasteiger charge is -2.15. The molecule has 1 N–H and O–H groups in total. The average Bonchev–Trinajstić information content (AvgIpc) is 2.73. The smallest absolute Gasteiger partial charge is 0.0897 e. The number of nitrogens with zero attached hydrogens (tertiary/aromatic N) is 1. The van der Waals surface area contributed by atoms with Gasteiger partial charge >= 0.3 is 0 Å². The van der Waals surface area contributed by atoms with Gasteiger partial charge in [-0.05, 0) is 31.9 Å². The van der Waals surface area contributed by atoms with E-state index in [2.05, 4.69) is 48.4 Å². The highest BCUT2D eigenvalue weighted by atomic mass is 32.1. The van der Waals surface area contributed by atoms with Crippen LogP contribution in [0.3, 0.4) is 0 Å². The van der Waals surface area contributed by atoms with Crippen LogP contribution in [0.15, 0.2) is 30.5 Å². The molecule has 0 saturated heterocycles. The summed E-state index contributed by atoms with van der Waals surface area (Å²) < 4.78 is 0. The van der Waals surface area contributed by atoms with Crippen LogP contribution in [0.1, 0.15) is 34.0 Å². The van der Waals surface area contributed by atoms with Crippen molar-refractivity contribution < 1.29 is 0 Å². The molecule has 0 aliphatic heterocycles. The largest absolute Gasteiger partial charge is 0.305 e. The van der Waals surface area contributed by atoms with E-state index in [-0.39, 0.29) is 0 Å². The van der Waals surface area contributed by atoms with E-state index in [0.717, 1.165) is 11.6 Å². The van der Waals surface area contributed by atoms with Crippen LogP contribution < -0.4 is 5.32 Å². The molecule has 1 atom stereocenters. The van der Waals surface area contributed by atoms with Gasteiger partial charge in [-0.25, -0.2) is 4.98 Å². The summed E-state index contributed by atoms with van der Waals surface area (Å²) in [6, 6.07) is 8.89. The first-order valence-electron chi connectivity index (χ1n) is 5.87. The molecule has 0 spiro atoms. The normalized spacial score (nSPS) is 12.6. The molecule has 0 fully saturated rings. The summed E-state index contributed by atoms with van der Waals surface area (Å²) in [6.45, 7) is 7.29. The van der Waals surface area contributed by atoms with Crippen molar-refractivity contribution in [3.05, 3.63) is 51.5 Å². The van der Waals surface area contributed by atoms with Gasteiger partial charge in [0.25, 0.3) is 0 Å². The molecule has 0 amide bonds. The van der Waals surface area contributed by atoms with E-state index >= 15 is 0 Å². The second kappa shape index (κ2) is 5.43. The fraction of sp³-hybridized carbons (Fsp3) is 0.357. The van der Waals surface area contributed by atoms with Crippen LogP contribution >= 0.6 is 11.3 Å². The molecular weight excluding hydrogens is 228 g/mol. The third kappa shape index (κ3) is 3.14. The summed E-state index contributed by atoms with van der Waals surface area (Å²) in [7, 11) is 0. The lowest BCUT2D eigenvalue weighted by Crippen LogP contribution is -2.18. The number of aryl methyl sites for hydroxylation is 2. The van der Waals surface area contributed by atoms with Gasteiger partial charge in [0.2, 0.25) is 0 Å². The highest BCUT2D eigenvalue weighted by molar-refractivity contribution is 7.11. The number of thiazole rings is 1. The minimum atomic E-state index is 0.374. The molecule has 0 radical (unpaired) electrons. The zero-order valence-corrected chi connectivity index (χ0v) is 11.3. The molecule has 3 heteroatoms. The molecule has 0 aliphatic rings. The third-order valence-electron chi connectivity index (χ3n) is 2.91. The minimum Gasteiger partial charge on any atom is -0.305 e. The van der Waals surface area contributed by atoms with E-state index < -0.39 is 0 Å². The van der Waals surface area contributed by atoms with Crippen molar-refractivity contribution in [1.29, 1.82) is 0 Å². The van der Waals surface area contributed by atoms with Crippen LogP contribution in [0.25, 0.3) is 0 Å². The van der Waals surface area contributed by atoms with Gasteiger partial charge in [0.1, 0.15) is 0 Å². The zero-order chi connectivity index (χ0) is 12.3. The number of aromatic nitrogens is 1. The summed E-state index contributed by atoms with van der Waals surface area (Å²) in [5, 5.41) is 4.67. The van der Waals surface area contributed by atoms with Crippen LogP contribution in [0.2, 0.25) is 0 Å². The van der Waals surface area contributed by atoms with E-state index in [1.807, 2.05) is 13.1 Å². The standard InChI is InChI=1S/C14H18N2S/c1-10-6-4-5-7-14(10)11(2)15-8-13-9-16-12(3)17-13/h4-7,9,11,15H,8H2,1-3H3/t11-/m1/s1. The maximum Gasteiger partial charge on any atom is 0.0897 e. The molecule has 1 heterocycles. The highest BCUT2D eigenvalue weighted by Gasteiger charge is 2.07. The molecule has 2 aromatic rings. The summed E-state index contributed by atoms with van der Waals surface area (Å²) >= 11 is 1.76. The molecule has 0 bridgehead atoms. The van der Waals surface area contributed by atoms with Crippen LogP contribution in [0, 0.1) is 13.8 Å². The van der Waals surface area contributed by atoms with Gasteiger partial charge in [-0.1, -0.05) is 24.3 Å². The molecule has 0 unspecified atom stereocenters. The molecule has 90 valence electrons. The Hall–Kier alpha value is -1.19. The van der Waals surface area contributed by atoms with Crippen molar-refractivity contribution in [1.82, 2.24) is 10.3 Å². The Morgan fingerprint density at radius 2 is 2.06 bits per heavy atom. The lowest BCUT2D eigenvalue weighted by molar-refractivity contribution is 0.576. The van der Waals surface area contributed by atoms with Gasteiger partial charge in [-0.15, -0.1) is 11.3 Å². The SMILES string of the molecule is Cc1ncc(CN[C@H](C)c2ccccc2C)s1. The third-order valence-corrected chi connectivity index (χ3v) is 3.82. The Morgan fingerprint density at radius 3 is 2.71 bits per heavy atom. The fourth-order valence-electron chi connectivity index (χ4n) is 1.92. The Labute approximate surface area is 107 Å². The maximum atomic E-state index is 4.26. The summed E-state index contributed by atoms with van der Waals surface area (Å²) in [5.74, 6) is 0. The van der Waals surface area contributed by atoms with Gasteiger partial charge in [-0.2, -0.15) is 0 Å². The second-order valence-electron chi connectivity index (χ2n) is 4.30. The van der Waals surface area contributed by atoms with Crippen molar-refractivity contribution in [3.8, 4) is 0 Å². The highest BCUT2D eigenvalue weighted by Crippen LogP contribution is 2.18. The van der Waals surface area contributed by atoms with Crippen molar-refractivity contribution in [2.45, 2.75) is 33.4 Å². The first-order valence-corrected chi connectivity index (χ1v) is 6.68. The van der Waals surface area contributed by atoms with Gasteiger partial charge < -0.3 is 5.32 Å². The number of hydrogen-bond acceptors (Lipinski definition) is 3. The first-order chi connectivity index (χ1) is 8.16. The average molecular weight is 246 g/mol. The van der Waals surface area contributed by atoms with Crippen LogP contribution in [0.5, 0.6) is 0 Å². The van der Waals surface area contributed by atoms with Crippen molar-refractivity contribution in [2.24, 2.45) is 0 Å². The Balaban J connectivity index is 1.98. The van der Waals surface area contributed by atoms with Crippen LogP contribution in [-0.4, -0.2) is 4.98 Å². The quantitative estimate of drug-likeness (QED) is 0.891. The molecule has 1 aromatic heterocycles. The maximum absolute atomic E-state index is 4.26. The first kappa shape index (κ1) is 12.3. The number of hydrogen-bond donors (Lipinski definition) is 1. The van der Waals surface area contributed by atoms with E-state index in [9.17, 15) is 0 Å². The Morgan fingerprint density at radius 1 is 1.29 bits per heavy atom. The molecular formula is C14H18N2S.